The number of amides is 1. The molecule has 0 bridgehead atoms. The number of carbonyl (C=O) groups is 1. The van der Waals surface area contributed by atoms with Gasteiger partial charge < -0.3 is 19.4 Å². The molecule has 24 heavy (non-hydrogen) atoms. The number of morpholine rings is 1. The van der Waals surface area contributed by atoms with Crippen molar-refractivity contribution in [3.05, 3.63) is 42.5 Å². The fraction of sp³-hybridized carbons (Fsp3) is 0.471. The van der Waals surface area contributed by atoms with Gasteiger partial charge >= 0.3 is 6.01 Å². The summed E-state index contributed by atoms with van der Waals surface area (Å²) in [7, 11) is 0. The quantitative estimate of drug-likeness (QED) is 0.920. The number of ether oxygens (including phenoxy) is 2. The van der Waals surface area contributed by atoms with E-state index in [2.05, 4.69) is 15.0 Å². The van der Waals surface area contributed by atoms with Gasteiger partial charge in [-0.15, -0.1) is 0 Å². The molecule has 1 aliphatic carbocycles. The third kappa shape index (κ3) is 2.87. The van der Waals surface area contributed by atoms with Crippen LogP contribution in [0.5, 0.6) is 6.01 Å². The van der Waals surface area contributed by atoms with E-state index >= 15 is 0 Å². The van der Waals surface area contributed by atoms with E-state index in [0.717, 1.165) is 12.8 Å². The standard InChI is InChI=1S/C17H20N4O3/c22-16(13-3-1-6-18-13)21-9-10-23-15-12(4-5-14(15)21)11-24-17-19-7-2-8-20-17/h1-3,6-8,12,14-15,18H,4-5,9-11H2. The number of aromatic amines is 1. The van der Waals surface area contributed by atoms with Crippen LogP contribution in [0.25, 0.3) is 0 Å². The number of hydrogen-bond acceptors (Lipinski definition) is 5. The van der Waals surface area contributed by atoms with Crippen molar-refractivity contribution in [2.45, 2.75) is 25.0 Å². The number of aromatic nitrogens is 3. The molecule has 0 radical (unpaired) electrons. The SMILES string of the molecule is O=C(c1ccc[nH]1)N1CCOC2C(COc3ncccn3)CCC21. The van der Waals surface area contributed by atoms with E-state index in [4.69, 9.17) is 9.47 Å². The second-order valence-corrected chi connectivity index (χ2v) is 6.16. The van der Waals surface area contributed by atoms with Crippen molar-refractivity contribution in [1.29, 1.82) is 0 Å². The number of nitrogens with zero attached hydrogens (tertiary/aromatic N) is 3. The van der Waals surface area contributed by atoms with E-state index < -0.39 is 0 Å². The molecule has 0 aromatic carbocycles. The molecule has 4 rings (SSSR count). The van der Waals surface area contributed by atoms with Crippen LogP contribution < -0.4 is 4.74 Å². The van der Waals surface area contributed by atoms with Gasteiger partial charge in [0.1, 0.15) is 5.69 Å². The Hall–Kier alpha value is -2.41. The zero-order valence-electron chi connectivity index (χ0n) is 13.3. The number of carbonyl (C=O) groups excluding carboxylic acids is 1. The van der Waals surface area contributed by atoms with Crippen LogP contribution in [-0.2, 0) is 4.74 Å². The third-order valence-corrected chi connectivity index (χ3v) is 4.78. The molecule has 1 N–H and O–H groups in total. The van der Waals surface area contributed by atoms with Crippen LogP contribution in [0.2, 0.25) is 0 Å². The normalized spacial score (nSPS) is 26.2. The van der Waals surface area contributed by atoms with Crippen LogP contribution in [0.4, 0.5) is 0 Å². The summed E-state index contributed by atoms with van der Waals surface area (Å²) in [6, 6.07) is 5.91. The lowest BCUT2D eigenvalue weighted by molar-refractivity contribution is -0.0684. The summed E-state index contributed by atoms with van der Waals surface area (Å²) >= 11 is 0. The van der Waals surface area contributed by atoms with Gasteiger partial charge in [0.15, 0.2) is 0 Å². The summed E-state index contributed by atoms with van der Waals surface area (Å²) in [6.45, 7) is 1.70. The summed E-state index contributed by atoms with van der Waals surface area (Å²) in [6.07, 6.45) is 7.01. The summed E-state index contributed by atoms with van der Waals surface area (Å²) in [5.74, 6) is 0.296. The average Bonchev–Trinajstić information content (AvgIpc) is 3.30. The number of rotatable bonds is 4. The predicted molar refractivity (Wildman–Crippen MR) is 85.6 cm³/mol. The number of hydrogen-bond donors (Lipinski definition) is 1. The lowest BCUT2D eigenvalue weighted by Gasteiger charge is -2.39. The smallest absolute Gasteiger partial charge is 0.316 e. The molecule has 7 nitrogen and oxygen atoms in total. The van der Waals surface area contributed by atoms with E-state index in [-0.39, 0.29) is 24.0 Å². The molecule has 3 unspecified atom stereocenters. The van der Waals surface area contributed by atoms with Crippen LogP contribution in [-0.4, -0.2) is 57.7 Å². The molecular formula is C17H20N4O3. The van der Waals surface area contributed by atoms with Crippen molar-refractivity contribution in [2.75, 3.05) is 19.8 Å². The van der Waals surface area contributed by atoms with Gasteiger partial charge in [-0.3, -0.25) is 4.79 Å². The van der Waals surface area contributed by atoms with E-state index in [9.17, 15) is 4.79 Å². The molecule has 2 aromatic heterocycles. The third-order valence-electron chi connectivity index (χ3n) is 4.78. The van der Waals surface area contributed by atoms with Crippen LogP contribution in [0.1, 0.15) is 23.3 Å². The monoisotopic (exact) mass is 328 g/mol. The zero-order chi connectivity index (χ0) is 16.4. The number of nitrogens with one attached hydrogen (secondary N) is 1. The second-order valence-electron chi connectivity index (χ2n) is 6.16. The van der Waals surface area contributed by atoms with Gasteiger partial charge in [-0.2, -0.15) is 0 Å². The molecular weight excluding hydrogens is 308 g/mol. The average molecular weight is 328 g/mol. The molecule has 1 aliphatic heterocycles. The Morgan fingerprint density at radius 2 is 2.21 bits per heavy atom. The molecule has 3 atom stereocenters. The highest BCUT2D eigenvalue weighted by molar-refractivity contribution is 5.92. The van der Waals surface area contributed by atoms with Gasteiger partial charge in [0.2, 0.25) is 0 Å². The molecule has 126 valence electrons. The summed E-state index contributed by atoms with van der Waals surface area (Å²) in [5, 5.41) is 0. The van der Waals surface area contributed by atoms with Crippen molar-refractivity contribution < 1.29 is 14.3 Å². The Labute approximate surface area is 140 Å². The van der Waals surface area contributed by atoms with Crippen molar-refractivity contribution in [3.8, 4) is 6.01 Å². The fourth-order valence-corrected chi connectivity index (χ4v) is 3.65. The van der Waals surface area contributed by atoms with E-state index in [1.54, 1.807) is 24.7 Å². The van der Waals surface area contributed by atoms with E-state index in [0.29, 0.717) is 31.5 Å². The predicted octanol–water partition coefficient (Wildman–Crippen LogP) is 1.50. The Balaban J connectivity index is 1.42. The Morgan fingerprint density at radius 1 is 1.33 bits per heavy atom. The zero-order valence-corrected chi connectivity index (χ0v) is 13.3. The lowest BCUT2D eigenvalue weighted by Crippen LogP contribution is -2.53. The first-order valence-corrected chi connectivity index (χ1v) is 8.29. The second kappa shape index (κ2) is 6.60. The van der Waals surface area contributed by atoms with E-state index in [1.165, 1.54) is 0 Å². The molecule has 1 saturated heterocycles. The highest BCUT2D eigenvalue weighted by Crippen LogP contribution is 2.35. The van der Waals surface area contributed by atoms with Crippen LogP contribution >= 0.6 is 0 Å². The van der Waals surface area contributed by atoms with Crippen molar-refractivity contribution >= 4 is 5.91 Å². The summed E-state index contributed by atoms with van der Waals surface area (Å²) < 4.78 is 11.7. The highest BCUT2D eigenvalue weighted by Gasteiger charge is 2.44. The van der Waals surface area contributed by atoms with Crippen molar-refractivity contribution in [2.24, 2.45) is 5.92 Å². The molecule has 1 amide bonds. The molecule has 2 aromatic rings. The van der Waals surface area contributed by atoms with E-state index in [1.807, 2.05) is 17.0 Å². The Kier molecular flexibility index (Phi) is 4.17. The molecule has 7 heteroatoms. The minimum absolute atomic E-state index is 0.0152. The largest absolute Gasteiger partial charge is 0.463 e. The molecule has 2 aliphatic rings. The first-order valence-electron chi connectivity index (χ1n) is 8.29. The topological polar surface area (TPSA) is 80.3 Å². The van der Waals surface area contributed by atoms with Gasteiger partial charge in [0.25, 0.3) is 5.91 Å². The minimum Gasteiger partial charge on any atom is -0.463 e. The maximum absolute atomic E-state index is 12.7. The maximum Gasteiger partial charge on any atom is 0.316 e. The Morgan fingerprint density at radius 3 is 3.00 bits per heavy atom. The first kappa shape index (κ1) is 15.1. The lowest BCUT2D eigenvalue weighted by atomic mass is 10.0. The highest BCUT2D eigenvalue weighted by atomic mass is 16.5. The van der Waals surface area contributed by atoms with Crippen molar-refractivity contribution in [3.63, 3.8) is 0 Å². The van der Waals surface area contributed by atoms with Gasteiger partial charge in [0, 0.05) is 31.1 Å². The van der Waals surface area contributed by atoms with Crippen LogP contribution in [0, 0.1) is 5.92 Å². The molecule has 2 fully saturated rings. The van der Waals surface area contributed by atoms with Crippen molar-refractivity contribution in [1.82, 2.24) is 19.9 Å². The fourth-order valence-electron chi connectivity index (χ4n) is 3.65. The summed E-state index contributed by atoms with van der Waals surface area (Å²) in [5.41, 5.74) is 0.632. The maximum atomic E-state index is 12.7. The van der Waals surface area contributed by atoms with Gasteiger partial charge in [0.05, 0.1) is 25.4 Å². The number of H-pyrrole nitrogens is 1. The van der Waals surface area contributed by atoms with Gasteiger partial charge in [-0.25, -0.2) is 9.97 Å². The Bertz CT molecular complexity index is 676. The minimum atomic E-state index is 0.0152. The molecule has 3 heterocycles. The summed E-state index contributed by atoms with van der Waals surface area (Å²) in [4.78, 5) is 25.8. The first-order chi connectivity index (χ1) is 11.8. The van der Waals surface area contributed by atoms with Crippen LogP contribution in [0.3, 0.4) is 0 Å². The molecule has 0 spiro atoms. The number of fused-ring (bicyclic) bond motifs is 1. The van der Waals surface area contributed by atoms with Crippen LogP contribution in [0.15, 0.2) is 36.8 Å². The van der Waals surface area contributed by atoms with Gasteiger partial charge in [-0.1, -0.05) is 0 Å². The van der Waals surface area contributed by atoms with Gasteiger partial charge in [-0.05, 0) is 31.0 Å². The molecule has 1 saturated carbocycles.